The van der Waals surface area contributed by atoms with Crippen LogP contribution in [0.5, 0.6) is 0 Å². The summed E-state index contributed by atoms with van der Waals surface area (Å²) in [6.07, 6.45) is -7.00. The third-order valence-corrected chi connectivity index (χ3v) is 0. The molecule has 11 heteroatoms. The minimum absolute atomic E-state index is 0. The molecule has 0 aromatic carbocycles. The SMILES string of the molecule is O=C([O-])[O-].O=C([O-])[O-].O=C([O-])[O-].[Ni+2].[Zr+4]. The topological polar surface area (TPSA) is 190 Å². The number of carboxylic acid groups (broad SMARTS) is 6. The first-order valence-corrected chi connectivity index (χ1v) is 1.84. The van der Waals surface area contributed by atoms with E-state index in [-0.39, 0.29) is 42.7 Å². The van der Waals surface area contributed by atoms with Crippen molar-refractivity contribution >= 4 is 18.5 Å². The Balaban J connectivity index is -0.0000000270. The van der Waals surface area contributed by atoms with Crippen LogP contribution in [-0.4, -0.2) is 18.5 Å². The predicted molar refractivity (Wildman–Crippen MR) is 16.2 cm³/mol. The summed E-state index contributed by atoms with van der Waals surface area (Å²) < 4.78 is 0. The van der Waals surface area contributed by atoms with Crippen LogP contribution in [0.15, 0.2) is 0 Å². The second kappa shape index (κ2) is 22.8. The van der Waals surface area contributed by atoms with E-state index in [0.717, 1.165) is 0 Å². The van der Waals surface area contributed by atoms with Crippen LogP contribution in [0.4, 0.5) is 14.4 Å². The van der Waals surface area contributed by atoms with Crippen molar-refractivity contribution in [1.29, 1.82) is 0 Å². The van der Waals surface area contributed by atoms with E-state index in [0.29, 0.717) is 0 Å². The molecule has 14 heavy (non-hydrogen) atoms. The van der Waals surface area contributed by atoms with E-state index in [1.54, 1.807) is 0 Å². The largest absolute Gasteiger partial charge is 4.00 e. The van der Waals surface area contributed by atoms with Gasteiger partial charge in [-0.3, -0.25) is 0 Å². The van der Waals surface area contributed by atoms with E-state index in [9.17, 15) is 0 Å². The van der Waals surface area contributed by atoms with Gasteiger partial charge in [0.25, 0.3) is 0 Å². The Morgan fingerprint density at radius 2 is 0.571 bits per heavy atom. The zero-order valence-corrected chi connectivity index (χ0v) is 9.44. The van der Waals surface area contributed by atoms with Crippen LogP contribution < -0.4 is 30.6 Å². The third kappa shape index (κ3) is 1750. The summed E-state index contributed by atoms with van der Waals surface area (Å²) in [6.45, 7) is 0. The molecule has 0 aliphatic heterocycles. The number of hydrogen-bond donors (Lipinski definition) is 0. The molecule has 0 fully saturated rings. The molecule has 0 saturated carbocycles. The molecule has 0 spiro atoms. The van der Waals surface area contributed by atoms with Crippen LogP contribution in [0.2, 0.25) is 0 Å². The summed E-state index contributed by atoms with van der Waals surface area (Å²) in [4.78, 5) is 25.0. The molecule has 0 bridgehead atoms. The van der Waals surface area contributed by atoms with Gasteiger partial charge in [-0.1, -0.05) is 0 Å². The van der Waals surface area contributed by atoms with Gasteiger partial charge in [-0.2, -0.15) is 0 Å². The van der Waals surface area contributed by atoms with E-state index in [1.807, 2.05) is 0 Å². The molecule has 0 aromatic rings. The number of carbonyl (C=O) groups is 3. The van der Waals surface area contributed by atoms with E-state index >= 15 is 0 Å². The zero-order valence-electron chi connectivity index (χ0n) is 5.99. The van der Waals surface area contributed by atoms with Crippen LogP contribution in [-0.2, 0) is 42.7 Å². The summed E-state index contributed by atoms with van der Waals surface area (Å²) in [5.74, 6) is 0. The van der Waals surface area contributed by atoms with Gasteiger partial charge in [-0.15, -0.1) is 0 Å². The number of rotatable bonds is 0. The summed E-state index contributed by atoms with van der Waals surface area (Å²) in [5.41, 5.74) is 0. The maximum Gasteiger partial charge on any atom is 4.00 e. The van der Waals surface area contributed by atoms with Gasteiger partial charge >= 0.3 is 42.7 Å². The molecule has 0 N–H and O–H groups in total. The average Bonchev–Trinajstić information content (AvgIpc) is 1.54. The van der Waals surface area contributed by atoms with Gasteiger partial charge in [-0.25, -0.2) is 0 Å². The third-order valence-electron chi connectivity index (χ3n) is 0. The van der Waals surface area contributed by atoms with Crippen molar-refractivity contribution < 1.29 is 87.7 Å². The smallest absolute Gasteiger partial charge is 0.652 e. The molecule has 0 saturated heterocycles. The van der Waals surface area contributed by atoms with Gasteiger partial charge in [0.1, 0.15) is 0 Å². The first-order valence-electron chi connectivity index (χ1n) is 1.84. The van der Waals surface area contributed by atoms with Crippen molar-refractivity contribution in [2.45, 2.75) is 0 Å². The Morgan fingerprint density at radius 1 is 0.571 bits per heavy atom. The van der Waals surface area contributed by atoms with Crippen molar-refractivity contribution in [2.75, 3.05) is 0 Å². The van der Waals surface area contributed by atoms with E-state index in [4.69, 9.17) is 45.0 Å². The molecule has 0 rings (SSSR count). The normalized spacial score (nSPS) is 5.14. The van der Waals surface area contributed by atoms with Crippen LogP contribution in [0.1, 0.15) is 0 Å². The summed E-state index contributed by atoms with van der Waals surface area (Å²) in [6, 6.07) is 0. The van der Waals surface area contributed by atoms with Crippen LogP contribution in [0.3, 0.4) is 0 Å². The maximum atomic E-state index is 8.33. The molecule has 0 atom stereocenters. The van der Waals surface area contributed by atoms with Gasteiger partial charge in [0.2, 0.25) is 0 Å². The summed E-state index contributed by atoms with van der Waals surface area (Å²) in [7, 11) is 0. The Kier molecular flexibility index (Phi) is 47.5. The van der Waals surface area contributed by atoms with E-state index < -0.39 is 18.5 Å². The minimum Gasteiger partial charge on any atom is -0.652 e. The first-order chi connectivity index (χ1) is 5.20. The summed E-state index contributed by atoms with van der Waals surface area (Å²) >= 11 is 0. The van der Waals surface area contributed by atoms with E-state index in [1.165, 1.54) is 0 Å². The van der Waals surface area contributed by atoms with Crippen molar-refractivity contribution in [3.05, 3.63) is 0 Å². The molecule has 80 valence electrons. The first kappa shape index (κ1) is 29.2. The molecule has 0 aliphatic rings. The second-order valence-electron chi connectivity index (χ2n) is 0.750. The van der Waals surface area contributed by atoms with Crippen molar-refractivity contribution in [3.8, 4) is 0 Å². The van der Waals surface area contributed by atoms with Gasteiger partial charge in [0, 0.05) is 0 Å². The Morgan fingerprint density at radius 3 is 0.571 bits per heavy atom. The molecular formula is C3NiO9Zr. The summed E-state index contributed by atoms with van der Waals surface area (Å²) in [5, 5.41) is 50.0. The Hall–Kier alpha value is -0.813. The van der Waals surface area contributed by atoms with Gasteiger partial charge < -0.3 is 45.0 Å². The van der Waals surface area contributed by atoms with Crippen molar-refractivity contribution in [3.63, 3.8) is 0 Å². The fourth-order valence-electron chi connectivity index (χ4n) is 0. The van der Waals surface area contributed by atoms with Crippen molar-refractivity contribution in [2.24, 2.45) is 0 Å². The quantitative estimate of drug-likeness (QED) is 0.388. The monoisotopic (exact) mass is 328 g/mol. The molecule has 0 radical (unpaired) electrons. The molecule has 0 heterocycles. The van der Waals surface area contributed by atoms with Crippen LogP contribution in [0.25, 0.3) is 0 Å². The zero-order chi connectivity index (χ0) is 10.7. The Bertz CT molecular complexity index is 118. The molecule has 0 aromatic heterocycles. The van der Waals surface area contributed by atoms with Crippen LogP contribution in [0, 0.1) is 0 Å². The van der Waals surface area contributed by atoms with E-state index in [2.05, 4.69) is 0 Å². The van der Waals surface area contributed by atoms with Gasteiger partial charge in [-0.05, 0) is 18.5 Å². The predicted octanol–water partition coefficient (Wildman–Crippen LogP) is -7.35. The number of carbonyl (C=O) groups excluding carboxylic acids is 3. The fourth-order valence-corrected chi connectivity index (χ4v) is 0. The van der Waals surface area contributed by atoms with Crippen LogP contribution >= 0.6 is 0 Å². The fraction of sp³-hybridized carbons (Fsp3) is 0. The second-order valence-corrected chi connectivity index (χ2v) is 0.750. The molecular weight excluding hydrogens is 330 g/mol. The molecule has 0 amide bonds. The molecule has 0 aliphatic carbocycles. The Labute approximate surface area is 106 Å². The van der Waals surface area contributed by atoms with Crippen molar-refractivity contribution in [1.82, 2.24) is 0 Å². The average molecular weight is 330 g/mol. The molecule has 0 unspecified atom stereocenters. The maximum absolute atomic E-state index is 8.33. The number of hydrogen-bond acceptors (Lipinski definition) is 9. The van der Waals surface area contributed by atoms with Gasteiger partial charge in [0.15, 0.2) is 0 Å². The molecule has 9 nitrogen and oxygen atoms in total. The minimum atomic E-state index is -2.33. The standard InChI is InChI=1S/3CH2O3.Ni.Zr/c3*2-1(3)4;;/h3*(H2,2,3,4);;/q;;;+2;+4/p-6. The van der Waals surface area contributed by atoms with Gasteiger partial charge in [0.05, 0.1) is 0 Å².